The van der Waals surface area contributed by atoms with Gasteiger partial charge >= 0.3 is 0 Å². The van der Waals surface area contributed by atoms with Gasteiger partial charge in [-0.15, -0.1) is 0 Å². The number of anilines is 1. The summed E-state index contributed by atoms with van der Waals surface area (Å²) in [5.41, 5.74) is 1.47. The van der Waals surface area contributed by atoms with Crippen molar-refractivity contribution in [1.82, 2.24) is 15.3 Å². The van der Waals surface area contributed by atoms with Crippen molar-refractivity contribution in [2.24, 2.45) is 0 Å². The van der Waals surface area contributed by atoms with Gasteiger partial charge in [-0.05, 0) is 31.9 Å². The summed E-state index contributed by atoms with van der Waals surface area (Å²) in [5.74, 6) is -0.169. The topological polar surface area (TPSA) is 66.9 Å². The normalized spacial score (nSPS) is 15.3. The van der Waals surface area contributed by atoms with Gasteiger partial charge in [0, 0.05) is 23.8 Å². The van der Waals surface area contributed by atoms with Gasteiger partial charge < -0.3 is 10.6 Å². The number of nitrogens with zero attached hydrogens (tertiary/aromatic N) is 2. The van der Waals surface area contributed by atoms with Crippen molar-refractivity contribution in [3.05, 3.63) is 53.1 Å². The molecule has 1 aromatic carbocycles. The van der Waals surface area contributed by atoms with E-state index in [1.807, 2.05) is 6.92 Å². The van der Waals surface area contributed by atoms with Crippen LogP contribution in [0.1, 0.15) is 60.3 Å². The summed E-state index contributed by atoms with van der Waals surface area (Å²) in [4.78, 5) is 21.2. The number of aryl methyl sites for hydroxylation is 1. The molecule has 2 N–H and O–H groups in total. The number of hydrogen-bond donors (Lipinski definition) is 2. The Kier molecular flexibility index (Phi) is 6.15. The first-order valence-electron chi connectivity index (χ1n) is 9.25. The summed E-state index contributed by atoms with van der Waals surface area (Å²) in [6, 6.07) is 8.40. The lowest BCUT2D eigenvalue weighted by molar-refractivity contribution is 0.0945. The van der Waals surface area contributed by atoms with Gasteiger partial charge in [-0.25, -0.2) is 14.4 Å². The molecule has 138 valence electrons. The molecule has 6 heteroatoms. The van der Waals surface area contributed by atoms with E-state index in [1.54, 1.807) is 24.3 Å². The number of carbonyl (C=O) groups is 1. The second kappa shape index (κ2) is 8.74. The van der Waals surface area contributed by atoms with Crippen LogP contribution in [0.3, 0.4) is 0 Å². The molecule has 26 heavy (non-hydrogen) atoms. The van der Waals surface area contributed by atoms with Crippen LogP contribution in [-0.2, 0) is 6.54 Å². The Bertz CT molecular complexity index is 757. The number of halogens is 1. The molecule has 3 rings (SSSR count). The van der Waals surface area contributed by atoms with Crippen LogP contribution in [0.15, 0.2) is 30.3 Å². The molecule has 0 spiro atoms. The van der Waals surface area contributed by atoms with E-state index in [1.165, 1.54) is 31.7 Å². The van der Waals surface area contributed by atoms with Gasteiger partial charge in [0.25, 0.3) is 5.91 Å². The highest BCUT2D eigenvalue weighted by atomic mass is 19.1. The fourth-order valence-electron chi connectivity index (χ4n) is 3.26. The monoisotopic (exact) mass is 356 g/mol. The highest BCUT2D eigenvalue weighted by Gasteiger charge is 2.16. The lowest BCUT2D eigenvalue weighted by Crippen LogP contribution is -2.26. The molecule has 1 aromatic heterocycles. The number of carbonyl (C=O) groups excluding carboxylic acids is 1. The van der Waals surface area contributed by atoms with Crippen LogP contribution in [0.4, 0.5) is 10.3 Å². The van der Waals surface area contributed by atoms with Crippen LogP contribution >= 0.6 is 0 Å². The molecule has 0 aliphatic heterocycles. The third kappa shape index (κ3) is 5.00. The Labute approximate surface area is 153 Å². The molecule has 1 aliphatic rings. The average Bonchev–Trinajstić information content (AvgIpc) is 2.89. The summed E-state index contributed by atoms with van der Waals surface area (Å²) in [6.45, 7) is 1.97. The molecule has 0 radical (unpaired) electrons. The van der Waals surface area contributed by atoms with Gasteiger partial charge in [-0.3, -0.25) is 4.79 Å². The van der Waals surface area contributed by atoms with Gasteiger partial charge in [-0.2, -0.15) is 0 Å². The minimum atomic E-state index is -0.331. The van der Waals surface area contributed by atoms with E-state index in [-0.39, 0.29) is 18.3 Å². The first-order valence-corrected chi connectivity index (χ1v) is 9.25. The first-order chi connectivity index (χ1) is 12.6. The van der Waals surface area contributed by atoms with Crippen molar-refractivity contribution >= 4 is 11.9 Å². The number of benzene rings is 1. The van der Waals surface area contributed by atoms with Crippen LogP contribution in [0, 0.1) is 12.7 Å². The summed E-state index contributed by atoms with van der Waals surface area (Å²) in [5, 5.41) is 6.10. The fraction of sp³-hybridized carbons (Fsp3) is 0.450. The molecule has 1 heterocycles. The highest BCUT2D eigenvalue weighted by molar-refractivity contribution is 5.92. The maximum Gasteiger partial charge on any atom is 0.270 e. The van der Waals surface area contributed by atoms with Crippen molar-refractivity contribution in [1.29, 1.82) is 0 Å². The van der Waals surface area contributed by atoms with Crippen molar-refractivity contribution in [2.75, 3.05) is 5.32 Å². The molecule has 1 aliphatic carbocycles. The van der Waals surface area contributed by atoms with E-state index >= 15 is 0 Å². The molecule has 0 bridgehead atoms. The van der Waals surface area contributed by atoms with Crippen LogP contribution in [-0.4, -0.2) is 21.9 Å². The molecule has 1 fully saturated rings. The number of nitrogens with one attached hydrogen (secondary N) is 2. The molecule has 0 saturated heterocycles. The average molecular weight is 356 g/mol. The Morgan fingerprint density at radius 2 is 1.88 bits per heavy atom. The van der Waals surface area contributed by atoms with E-state index in [2.05, 4.69) is 20.6 Å². The van der Waals surface area contributed by atoms with E-state index in [4.69, 9.17) is 0 Å². The van der Waals surface area contributed by atoms with Crippen molar-refractivity contribution in [3.8, 4) is 0 Å². The minimum Gasteiger partial charge on any atom is -0.351 e. The van der Waals surface area contributed by atoms with Gasteiger partial charge in [0.05, 0.1) is 0 Å². The number of hydrogen-bond acceptors (Lipinski definition) is 4. The molecule has 1 saturated carbocycles. The third-order valence-electron chi connectivity index (χ3n) is 4.67. The van der Waals surface area contributed by atoms with Crippen LogP contribution < -0.4 is 10.6 Å². The van der Waals surface area contributed by atoms with E-state index < -0.39 is 0 Å². The summed E-state index contributed by atoms with van der Waals surface area (Å²) in [6.07, 6.45) is 7.17. The standard InChI is InChI=1S/C20H25FN4O/c1-14-12-18(19(26)22-13-15-8-6-7-11-17(15)21)25-20(23-14)24-16-9-4-2-3-5-10-16/h6-8,11-12,16H,2-5,9-10,13H2,1H3,(H,22,26)(H,23,24,25). The van der Waals surface area contributed by atoms with E-state index in [0.717, 1.165) is 18.5 Å². The quantitative estimate of drug-likeness (QED) is 0.795. The van der Waals surface area contributed by atoms with E-state index in [0.29, 0.717) is 23.2 Å². The Morgan fingerprint density at radius 3 is 2.62 bits per heavy atom. The molecule has 2 aromatic rings. The molecular weight excluding hydrogens is 331 g/mol. The summed E-state index contributed by atoms with van der Waals surface area (Å²) in [7, 11) is 0. The molecule has 0 unspecified atom stereocenters. The Hall–Kier alpha value is -2.50. The van der Waals surface area contributed by atoms with Crippen molar-refractivity contribution < 1.29 is 9.18 Å². The van der Waals surface area contributed by atoms with Crippen molar-refractivity contribution in [2.45, 2.75) is 58.0 Å². The summed E-state index contributed by atoms with van der Waals surface area (Å²) >= 11 is 0. The maximum atomic E-state index is 13.7. The first kappa shape index (κ1) is 18.3. The molecule has 1 amide bonds. The van der Waals surface area contributed by atoms with E-state index in [9.17, 15) is 9.18 Å². The minimum absolute atomic E-state index is 0.125. The Morgan fingerprint density at radius 1 is 1.15 bits per heavy atom. The summed E-state index contributed by atoms with van der Waals surface area (Å²) < 4.78 is 13.7. The van der Waals surface area contributed by atoms with Gasteiger partial charge in [0.15, 0.2) is 0 Å². The van der Waals surface area contributed by atoms with Crippen molar-refractivity contribution in [3.63, 3.8) is 0 Å². The van der Waals surface area contributed by atoms with Gasteiger partial charge in [0.1, 0.15) is 11.5 Å². The van der Waals surface area contributed by atoms with Crippen LogP contribution in [0.2, 0.25) is 0 Å². The number of aromatic nitrogens is 2. The molecule has 0 atom stereocenters. The molecule has 5 nitrogen and oxygen atoms in total. The number of amides is 1. The SMILES string of the molecule is Cc1cc(C(=O)NCc2ccccc2F)nc(NC2CCCCCC2)n1. The zero-order chi connectivity index (χ0) is 18.4. The van der Waals surface area contributed by atoms with Gasteiger partial charge in [-0.1, -0.05) is 43.9 Å². The van der Waals surface area contributed by atoms with Gasteiger partial charge in [0.2, 0.25) is 5.95 Å². The third-order valence-corrected chi connectivity index (χ3v) is 4.67. The zero-order valence-corrected chi connectivity index (χ0v) is 15.1. The largest absolute Gasteiger partial charge is 0.351 e. The number of rotatable bonds is 5. The second-order valence-electron chi connectivity index (χ2n) is 6.83. The second-order valence-corrected chi connectivity index (χ2v) is 6.83. The maximum absolute atomic E-state index is 13.7. The zero-order valence-electron chi connectivity index (χ0n) is 15.1. The lowest BCUT2D eigenvalue weighted by atomic mass is 10.1. The van der Waals surface area contributed by atoms with Crippen LogP contribution in [0.5, 0.6) is 0 Å². The molecular formula is C20H25FN4O. The predicted octanol–water partition coefficient (Wildman–Crippen LogP) is 3.99. The fourth-order valence-corrected chi connectivity index (χ4v) is 3.26. The Balaban J connectivity index is 1.66. The smallest absolute Gasteiger partial charge is 0.270 e. The van der Waals surface area contributed by atoms with Crippen LogP contribution in [0.25, 0.3) is 0 Å². The lowest BCUT2D eigenvalue weighted by Gasteiger charge is -2.17. The predicted molar refractivity (Wildman–Crippen MR) is 99.5 cm³/mol. The highest BCUT2D eigenvalue weighted by Crippen LogP contribution is 2.20.